The predicted octanol–water partition coefficient (Wildman–Crippen LogP) is 2.61. The molecule has 1 saturated heterocycles. The molecule has 11 nitrogen and oxygen atoms in total. The van der Waals surface area contributed by atoms with Crippen molar-refractivity contribution >= 4 is 38.8 Å². The van der Waals surface area contributed by atoms with E-state index in [2.05, 4.69) is 30.8 Å². The summed E-state index contributed by atoms with van der Waals surface area (Å²) in [5.74, 6) is 1.11. The molecule has 3 aromatic rings. The number of carbonyl (C=O) groups is 1. The van der Waals surface area contributed by atoms with Gasteiger partial charge in [-0.15, -0.1) is 0 Å². The number of fused-ring (bicyclic) bond motifs is 1. The maximum atomic E-state index is 12.7. The first-order valence-corrected chi connectivity index (χ1v) is 13.5. The van der Waals surface area contributed by atoms with Gasteiger partial charge in [-0.1, -0.05) is 0 Å². The number of ether oxygens (including phenoxy) is 1. The molecular formula is C24H30N6O5S. The SMILES string of the molecule is O=C(NCCN1CCOCC1)Nc1nc2cc(OS(=O)(=O)c3ccc(NCC4CC4)cc3)ccc2[nH]1. The summed E-state index contributed by atoms with van der Waals surface area (Å²) in [6, 6.07) is 10.8. The number of anilines is 2. The van der Waals surface area contributed by atoms with E-state index in [0.717, 1.165) is 37.8 Å². The normalized spacial score (nSPS) is 16.6. The molecule has 0 unspecified atom stereocenters. The van der Waals surface area contributed by atoms with E-state index < -0.39 is 10.1 Å². The van der Waals surface area contributed by atoms with Gasteiger partial charge in [-0.3, -0.25) is 10.2 Å². The quantitative estimate of drug-likeness (QED) is 0.303. The third-order valence-corrected chi connectivity index (χ3v) is 7.41. The number of aromatic amines is 1. The van der Waals surface area contributed by atoms with Gasteiger partial charge in [0.05, 0.1) is 24.2 Å². The van der Waals surface area contributed by atoms with Crippen molar-refractivity contribution in [1.29, 1.82) is 0 Å². The summed E-state index contributed by atoms with van der Waals surface area (Å²) in [4.78, 5) is 21.8. The number of aromatic nitrogens is 2. The fourth-order valence-corrected chi connectivity index (χ4v) is 4.82. The van der Waals surface area contributed by atoms with Crippen LogP contribution in [0.3, 0.4) is 0 Å². The van der Waals surface area contributed by atoms with Crippen molar-refractivity contribution in [2.45, 2.75) is 17.7 Å². The zero-order valence-corrected chi connectivity index (χ0v) is 20.6. The molecule has 2 heterocycles. The Labute approximate surface area is 209 Å². The fourth-order valence-electron chi connectivity index (χ4n) is 3.90. The lowest BCUT2D eigenvalue weighted by molar-refractivity contribution is 0.0388. The van der Waals surface area contributed by atoms with Crippen LogP contribution in [0, 0.1) is 5.92 Å². The Balaban J connectivity index is 1.16. The standard InChI is InChI=1S/C24H30N6O5S/c31-24(25-9-10-30-11-13-34-14-12-30)29-23-27-21-8-5-19(15-22(21)28-23)35-36(32,33)20-6-3-18(4-7-20)26-16-17-1-2-17/h3-8,15,17,26H,1-2,9-14,16H2,(H3,25,27,28,29,31). The number of nitrogens with one attached hydrogen (secondary N) is 4. The summed E-state index contributed by atoms with van der Waals surface area (Å²) in [7, 11) is -4.01. The Morgan fingerprint density at radius 1 is 1.14 bits per heavy atom. The minimum Gasteiger partial charge on any atom is -0.385 e. The van der Waals surface area contributed by atoms with Crippen LogP contribution in [0.1, 0.15) is 12.8 Å². The van der Waals surface area contributed by atoms with Crippen LogP contribution < -0.4 is 20.1 Å². The van der Waals surface area contributed by atoms with E-state index >= 15 is 0 Å². The van der Waals surface area contributed by atoms with Crippen LogP contribution in [0.15, 0.2) is 47.4 Å². The molecule has 12 heteroatoms. The van der Waals surface area contributed by atoms with Gasteiger partial charge >= 0.3 is 16.1 Å². The smallest absolute Gasteiger partial charge is 0.339 e. The van der Waals surface area contributed by atoms with Crippen LogP contribution in [-0.2, 0) is 14.9 Å². The van der Waals surface area contributed by atoms with E-state index in [9.17, 15) is 13.2 Å². The number of imidazole rings is 1. The molecule has 1 saturated carbocycles. The number of benzene rings is 2. The van der Waals surface area contributed by atoms with Gasteiger partial charge in [-0.05, 0) is 55.2 Å². The summed E-state index contributed by atoms with van der Waals surface area (Å²) < 4.78 is 36.1. The van der Waals surface area contributed by atoms with Gasteiger partial charge in [0.1, 0.15) is 10.6 Å². The number of hydrogen-bond donors (Lipinski definition) is 4. The van der Waals surface area contributed by atoms with Crippen LogP contribution in [-0.4, -0.2) is 75.3 Å². The number of amides is 2. The molecule has 1 aromatic heterocycles. The van der Waals surface area contributed by atoms with Crippen molar-refractivity contribution in [2.24, 2.45) is 5.92 Å². The van der Waals surface area contributed by atoms with Gasteiger partial charge in [0, 0.05) is 44.5 Å². The summed E-state index contributed by atoms with van der Waals surface area (Å²) in [5.41, 5.74) is 1.98. The molecule has 2 fully saturated rings. The first kappa shape index (κ1) is 24.3. The number of carbonyl (C=O) groups excluding carboxylic acids is 1. The fraction of sp³-hybridized carbons (Fsp3) is 0.417. The molecule has 4 N–H and O–H groups in total. The van der Waals surface area contributed by atoms with Crippen LogP contribution in [0.2, 0.25) is 0 Å². The molecule has 2 amide bonds. The highest BCUT2D eigenvalue weighted by Gasteiger charge is 2.21. The number of rotatable bonds is 10. The molecule has 36 heavy (non-hydrogen) atoms. The van der Waals surface area contributed by atoms with Crippen molar-refractivity contribution in [3.05, 3.63) is 42.5 Å². The van der Waals surface area contributed by atoms with E-state index in [1.54, 1.807) is 18.2 Å². The second-order valence-electron chi connectivity index (χ2n) is 8.99. The van der Waals surface area contributed by atoms with Crippen LogP contribution >= 0.6 is 0 Å². The molecule has 2 aromatic carbocycles. The summed E-state index contributed by atoms with van der Waals surface area (Å²) in [6.07, 6.45) is 2.49. The molecule has 0 bridgehead atoms. The summed E-state index contributed by atoms with van der Waals surface area (Å²) >= 11 is 0. The first-order chi connectivity index (χ1) is 17.4. The molecule has 1 aliphatic carbocycles. The van der Waals surface area contributed by atoms with Crippen LogP contribution in [0.5, 0.6) is 5.75 Å². The lowest BCUT2D eigenvalue weighted by Gasteiger charge is -2.26. The first-order valence-electron chi connectivity index (χ1n) is 12.1. The van der Waals surface area contributed by atoms with Gasteiger partial charge in [-0.25, -0.2) is 9.78 Å². The summed E-state index contributed by atoms with van der Waals surface area (Å²) in [6.45, 7) is 5.28. The van der Waals surface area contributed by atoms with Gasteiger partial charge in [0.2, 0.25) is 5.95 Å². The molecule has 0 atom stereocenters. The van der Waals surface area contributed by atoms with Crippen LogP contribution in [0.25, 0.3) is 11.0 Å². The van der Waals surface area contributed by atoms with Gasteiger partial charge < -0.3 is 24.5 Å². The Kier molecular flexibility index (Phi) is 7.25. The largest absolute Gasteiger partial charge is 0.385 e. The Morgan fingerprint density at radius 3 is 2.67 bits per heavy atom. The van der Waals surface area contributed by atoms with E-state index in [1.165, 1.54) is 37.1 Å². The van der Waals surface area contributed by atoms with Crippen LogP contribution in [0.4, 0.5) is 16.4 Å². The second kappa shape index (κ2) is 10.7. The number of morpholine rings is 1. The van der Waals surface area contributed by atoms with E-state index in [4.69, 9.17) is 8.92 Å². The average molecular weight is 515 g/mol. The highest BCUT2D eigenvalue weighted by molar-refractivity contribution is 7.87. The van der Waals surface area contributed by atoms with Gasteiger partial charge in [-0.2, -0.15) is 8.42 Å². The molecule has 1 aliphatic heterocycles. The van der Waals surface area contributed by atoms with Gasteiger partial charge in [0.25, 0.3) is 0 Å². The van der Waals surface area contributed by atoms with Crippen molar-refractivity contribution in [2.75, 3.05) is 56.6 Å². The molecular weight excluding hydrogens is 484 g/mol. The third kappa shape index (κ3) is 6.45. The molecule has 2 aliphatic rings. The minimum atomic E-state index is -4.01. The molecule has 192 valence electrons. The lowest BCUT2D eigenvalue weighted by atomic mass is 10.3. The highest BCUT2D eigenvalue weighted by atomic mass is 32.2. The number of urea groups is 1. The van der Waals surface area contributed by atoms with Crippen molar-refractivity contribution in [3.63, 3.8) is 0 Å². The Hall–Kier alpha value is -3.35. The van der Waals surface area contributed by atoms with E-state index in [1.807, 2.05) is 0 Å². The summed E-state index contributed by atoms with van der Waals surface area (Å²) in [5, 5.41) is 8.78. The maximum Gasteiger partial charge on any atom is 0.339 e. The Bertz CT molecular complexity index is 1300. The zero-order chi connectivity index (χ0) is 25.0. The predicted molar refractivity (Wildman–Crippen MR) is 136 cm³/mol. The van der Waals surface area contributed by atoms with Crippen molar-refractivity contribution < 1.29 is 22.1 Å². The molecule has 0 spiro atoms. The minimum absolute atomic E-state index is 0.0673. The number of hydrogen-bond acceptors (Lipinski definition) is 8. The monoisotopic (exact) mass is 514 g/mol. The average Bonchev–Trinajstić information content (AvgIpc) is 3.62. The number of nitrogens with zero attached hydrogens (tertiary/aromatic N) is 2. The number of H-pyrrole nitrogens is 1. The molecule has 0 radical (unpaired) electrons. The van der Waals surface area contributed by atoms with Crippen molar-refractivity contribution in [3.8, 4) is 5.75 Å². The third-order valence-electron chi connectivity index (χ3n) is 6.14. The zero-order valence-electron chi connectivity index (χ0n) is 19.8. The molecule has 5 rings (SSSR count). The van der Waals surface area contributed by atoms with E-state index in [0.29, 0.717) is 30.8 Å². The maximum absolute atomic E-state index is 12.7. The topological polar surface area (TPSA) is 138 Å². The van der Waals surface area contributed by atoms with Gasteiger partial charge in [0.15, 0.2) is 0 Å². The Morgan fingerprint density at radius 2 is 1.92 bits per heavy atom. The lowest BCUT2D eigenvalue weighted by Crippen LogP contribution is -2.42. The van der Waals surface area contributed by atoms with Crippen molar-refractivity contribution in [1.82, 2.24) is 20.2 Å². The second-order valence-corrected chi connectivity index (χ2v) is 10.5. The van der Waals surface area contributed by atoms with E-state index in [-0.39, 0.29) is 22.6 Å². The highest BCUT2D eigenvalue weighted by Crippen LogP contribution is 2.29.